The maximum atomic E-state index is 14.4. The van der Waals surface area contributed by atoms with E-state index in [-0.39, 0.29) is 35.5 Å². The molecule has 13 heteroatoms. The minimum atomic E-state index is -0.509. The summed E-state index contributed by atoms with van der Waals surface area (Å²) >= 11 is 0. The maximum Gasteiger partial charge on any atom is 0.410 e. The fraction of sp³-hybridized carbons (Fsp3) is 0.564. The number of hydrogen-bond acceptors (Lipinski definition) is 10. The number of fused-ring (bicyclic) bond motifs is 1. The summed E-state index contributed by atoms with van der Waals surface area (Å²) in [6, 6.07) is 5.92. The van der Waals surface area contributed by atoms with Crippen LogP contribution in [0, 0.1) is 11.7 Å². The SMILES string of the molecule is CCN(C(=O)c1cc(F)ccc1Oc1cncnc1N1CCC(Oc2ccnc3c2CN(C[C@H]2CCN(C(=O)OC(C)(C)C)C2)CC3)CC1)C(C)C. The summed E-state index contributed by atoms with van der Waals surface area (Å²) in [4.78, 5) is 47.6. The van der Waals surface area contributed by atoms with Gasteiger partial charge in [0.05, 0.1) is 11.8 Å². The van der Waals surface area contributed by atoms with Gasteiger partial charge in [-0.1, -0.05) is 0 Å². The first-order chi connectivity index (χ1) is 24.9. The van der Waals surface area contributed by atoms with E-state index in [9.17, 15) is 14.0 Å². The van der Waals surface area contributed by atoms with E-state index in [0.29, 0.717) is 43.7 Å². The molecule has 2 amide bonds. The van der Waals surface area contributed by atoms with Crippen molar-refractivity contribution in [2.75, 3.05) is 50.7 Å². The average molecular weight is 718 g/mol. The van der Waals surface area contributed by atoms with Crippen LogP contribution in [0.15, 0.2) is 43.0 Å². The number of nitrogens with zero attached hydrogens (tertiary/aromatic N) is 7. The van der Waals surface area contributed by atoms with Crippen LogP contribution in [0.5, 0.6) is 17.2 Å². The van der Waals surface area contributed by atoms with Gasteiger partial charge >= 0.3 is 6.09 Å². The van der Waals surface area contributed by atoms with Crippen molar-refractivity contribution < 1.29 is 28.2 Å². The Kier molecular flexibility index (Phi) is 11.5. The van der Waals surface area contributed by atoms with Gasteiger partial charge in [0.15, 0.2) is 11.6 Å². The highest BCUT2D eigenvalue weighted by Gasteiger charge is 2.33. The van der Waals surface area contributed by atoms with Crippen molar-refractivity contribution >= 4 is 17.8 Å². The van der Waals surface area contributed by atoms with E-state index in [1.807, 2.05) is 58.7 Å². The predicted octanol–water partition coefficient (Wildman–Crippen LogP) is 6.34. The predicted molar refractivity (Wildman–Crippen MR) is 195 cm³/mol. The Morgan fingerprint density at radius 2 is 1.81 bits per heavy atom. The van der Waals surface area contributed by atoms with E-state index in [2.05, 4.69) is 19.8 Å². The third kappa shape index (κ3) is 8.91. The minimum absolute atomic E-state index is 0.0129. The van der Waals surface area contributed by atoms with Crippen LogP contribution in [0.1, 0.15) is 82.4 Å². The van der Waals surface area contributed by atoms with Crippen LogP contribution in [-0.4, -0.2) is 105 Å². The highest BCUT2D eigenvalue weighted by molar-refractivity contribution is 5.97. The number of pyridine rings is 1. The van der Waals surface area contributed by atoms with Crippen LogP contribution >= 0.6 is 0 Å². The van der Waals surface area contributed by atoms with Gasteiger partial charge in [0, 0.05) is 95.1 Å². The van der Waals surface area contributed by atoms with Gasteiger partial charge in [-0.15, -0.1) is 0 Å². The summed E-state index contributed by atoms with van der Waals surface area (Å²) in [5, 5.41) is 0. The van der Waals surface area contributed by atoms with E-state index >= 15 is 0 Å². The van der Waals surface area contributed by atoms with Gasteiger partial charge in [0.1, 0.15) is 35.3 Å². The number of benzene rings is 1. The zero-order valence-electron chi connectivity index (χ0n) is 31.3. The largest absolute Gasteiger partial charge is 0.490 e. The van der Waals surface area contributed by atoms with E-state index in [4.69, 9.17) is 19.2 Å². The van der Waals surface area contributed by atoms with Gasteiger partial charge < -0.3 is 28.9 Å². The normalized spacial score (nSPS) is 18.3. The summed E-state index contributed by atoms with van der Waals surface area (Å²) in [6.07, 6.45) is 8.06. The van der Waals surface area contributed by atoms with E-state index in [0.717, 1.165) is 68.9 Å². The first kappa shape index (κ1) is 37.2. The molecule has 0 spiro atoms. The molecular weight excluding hydrogens is 665 g/mol. The molecule has 2 saturated heterocycles. The number of piperidine rings is 1. The van der Waals surface area contributed by atoms with Crippen molar-refractivity contribution in [2.45, 2.75) is 91.5 Å². The van der Waals surface area contributed by atoms with Crippen molar-refractivity contribution in [3.63, 3.8) is 0 Å². The van der Waals surface area contributed by atoms with Crippen molar-refractivity contribution in [1.29, 1.82) is 0 Å². The summed E-state index contributed by atoms with van der Waals surface area (Å²) in [6.45, 7) is 17.3. The molecule has 0 N–H and O–H groups in total. The van der Waals surface area contributed by atoms with Crippen molar-refractivity contribution in [3.8, 4) is 17.2 Å². The quantitative estimate of drug-likeness (QED) is 0.236. The third-order valence-corrected chi connectivity index (χ3v) is 9.91. The number of aromatic nitrogens is 3. The zero-order chi connectivity index (χ0) is 37.0. The molecule has 5 heterocycles. The molecule has 3 aromatic rings. The molecule has 1 aromatic carbocycles. The minimum Gasteiger partial charge on any atom is -0.490 e. The number of ether oxygens (including phenoxy) is 3. The smallest absolute Gasteiger partial charge is 0.410 e. The lowest BCUT2D eigenvalue weighted by molar-refractivity contribution is 0.0284. The fourth-order valence-corrected chi connectivity index (χ4v) is 7.33. The summed E-state index contributed by atoms with van der Waals surface area (Å²) < 4.78 is 32.9. The highest BCUT2D eigenvalue weighted by Crippen LogP contribution is 2.35. The number of amides is 2. The van der Waals surface area contributed by atoms with Crippen LogP contribution in [0.25, 0.3) is 0 Å². The Bertz CT molecular complexity index is 1730. The van der Waals surface area contributed by atoms with Gasteiger partial charge in [-0.2, -0.15) is 0 Å². The summed E-state index contributed by atoms with van der Waals surface area (Å²) in [5.41, 5.74) is 1.89. The molecule has 3 aliphatic heterocycles. The molecule has 2 fully saturated rings. The molecule has 1 atom stereocenters. The van der Waals surface area contributed by atoms with E-state index < -0.39 is 11.4 Å². The topological polar surface area (TPSA) is 113 Å². The third-order valence-electron chi connectivity index (χ3n) is 9.91. The van der Waals surface area contributed by atoms with Gasteiger partial charge in [-0.25, -0.2) is 19.2 Å². The molecule has 0 saturated carbocycles. The molecule has 0 unspecified atom stereocenters. The van der Waals surface area contributed by atoms with Gasteiger partial charge in [-0.05, 0) is 78.1 Å². The standard InChI is InChI=1S/C39H52FN7O5/c1-7-47(26(2)3)37(48)30-20-28(40)8-9-33(30)51-35-21-41-25-43-36(35)45-18-12-29(13-19-45)50-34-10-15-42-32-14-16-44(24-31(32)34)22-27-11-17-46(23-27)38(49)52-39(4,5)6/h8-10,15,20-21,25-27,29H,7,11-14,16-19,22-24H2,1-6H3/t27-/m1/s1. The molecule has 6 rings (SSSR count). The van der Waals surface area contributed by atoms with Crippen LogP contribution < -0.4 is 14.4 Å². The van der Waals surface area contributed by atoms with E-state index in [1.54, 1.807) is 11.1 Å². The molecule has 0 aliphatic carbocycles. The van der Waals surface area contributed by atoms with Crippen molar-refractivity contribution in [1.82, 2.24) is 29.7 Å². The molecule has 52 heavy (non-hydrogen) atoms. The Hall–Kier alpha value is -4.52. The second-order valence-electron chi connectivity index (χ2n) is 15.2. The lowest BCUT2D eigenvalue weighted by Gasteiger charge is -2.35. The Morgan fingerprint density at radius 3 is 2.54 bits per heavy atom. The summed E-state index contributed by atoms with van der Waals surface area (Å²) in [5.74, 6) is 1.74. The van der Waals surface area contributed by atoms with Gasteiger partial charge in [0.25, 0.3) is 5.91 Å². The molecule has 12 nitrogen and oxygen atoms in total. The number of likely N-dealkylation sites (tertiary alicyclic amines) is 1. The highest BCUT2D eigenvalue weighted by atomic mass is 19.1. The first-order valence-corrected chi connectivity index (χ1v) is 18.6. The molecule has 0 radical (unpaired) electrons. The van der Waals surface area contributed by atoms with Crippen LogP contribution in [0.3, 0.4) is 0 Å². The fourth-order valence-electron chi connectivity index (χ4n) is 7.33. The lowest BCUT2D eigenvalue weighted by Crippen LogP contribution is -2.40. The molecule has 0 bridgehead atoms. The van der Waals surface area contributed by atoms with Crippen LogP contribution in [0.2, 0.25) is 0 Å². The molecule has 2 aromatic heterocycles. The molecule has 280 valence electrons. The van der Waals surface area contributed by atoms with Crippen molar-refractivity contribution in [3.05, 3.63) is 65.6 Å². The Balaban J connectivity index is 1.07. The second-order valence-corrected chi connectivity index (χ2v) is 15.2. The van der Waals surface area contributed by atoms with Crippen LogP contribution in [-0.2, 0) is 17.7 Å². The second kappa shape index (κ2) is 16.0. The van der Waals surface area contributed by atoms with Gasteiger partial charge in [-0.3, -0.25) is 14.7 Å². The number of carbonyl (C=O) groups excluding carboxylic acids is 2. The number of carbonyl (C=O) groups is 2. The zero-order valence-corrected chi connectivity index (χ0v) is 31.3. The van der Waals surface area contributed by atoms with Gasteiger partial charge in [0.2, 0.25) is 0 Å². The Morgan fingerprint density at radius 1 is 1.02 bits per heavy atom. The molecular formula is C39H52FN7O5. The van der Waals surface area contributed by atoms with Crippen molar-refractivity contribution in [2.24, 2.45) is 5.92 Å². The first-order valence-electron chi connectivity index (χ1n) is 18.6. The van der Waals surface area contributed by atoms with E-state index in [1.165, 1.54) is 24.5 Å². The summed E-state index contributed by atoms with van der Waals surface area (Å²) in [7, 11) is 0. The number of rotatable bonds is 10. The average Bonchev–Trinajstić information content (AvgIpc) is 3.58. The number of halogens is 1. The molecule has 3 aliphatic rings. The maximum absolute atomic E-state index is 14.4. The monoisotopic (exact) mass is 717 g/mol. The number of anilines is 1. The lowest BCUT2D eigenvalue weighted by atomic mass is 10.0. The van der Waals surface area contributed by atoms with Crippen LogP contribution in [0.4, 0.5) is 15.0 Å². The number of hydrogen-bond donors (Lipinski definition) is 0. The Labute approximate surface area is 306 Å².